The summed E-state index contributed by atoms with van der Waals surface area (Å²) in [6, 6.07) is 6.58. The first-order valence-corrected chi connectivity index (χ1v) is 8.29. The lowest BCUT2D eigenvalue weighted by Gasteiger charge is -2.37. The molecule has 0 saturated carbocycles. The largest absolute Gasteiger partial charge is 0.368 e. The van der Waals surface area contributed by atoms with E-state index in [0.29, 0.717) is 0 Å². The molecule has 1 saturated heterocycles. The van der Waals surface area contributed by atoms with Gasteiger partial charge in [0.25, 0.3) is 0 Å². The Kier molecular flexibility index (Phi) is 5.47. The van der Waals surface area contributed by atoms with Gasteiger partial charge in [-0.15, -0.1) is 0 Å². The molecule has 0 spiro atoms. The summed E-state index contributed by atoms with van der Waals surface area (Å²) in [6.07, 6.45) is 0. The van der Waals surface area contributed by atoms with Gasteiger partial charge in [0.15, 0.2) is 0 Å². The fourth-order valence-corrected chi connectivity index (χ4v) is 3.40. The van der Waals surface area contributed by atoms with Crippen LogP contribution < -0.4 is 10.6 Å². The molecule has 0 bridgehead atoms. The Hall–Kier alpha value is -0.580. The Morgan fingerprint density at radius 1 is 1.15 bits per heavy atom. The number of piperazine rings is 1. The smallest absolute Gasteiger partial charge is 0.0511 e. The normalized spacial score (nSPS) is 18.6. The van der Waals surface area contributed by atoms with Gasteiger partial charge >= 0.3 is 0 Å². The number of nitrogens with zero attached hydrogens (tertiary/aromatic N) is 2. The SMILES string of the molecule is CC(C)CN1CCN(c2ccc([C@@H](C)N)cc2Br)CC1. The maximum absolute atomic E-state index is 5.93. The molecule has 112 valence electrons. The second kappa shape index (κ2) is 6.92. The Labute approximate surface area is 131 Å². The Morgan fingerprint density at radius 3 is 2.30 bits per heavy atom. The number of halogens is 1. The molecule has 20 heavy (non-hydrogen) atoms. The quantitative estimate of drug-likeness (QED) is 0.913. The van der Waals surface area contributed by atoms with Crippen molar-refractivity contribution in [3.05, 3.63) is 28.2 Å². The third-order valence-corrected chi connectivity index (χ3v) is 4.47. The fourth-order valence-electron chi connectivity index (χ4n) is 2.75. The summed E-state index contributed by atoms with van der Waals surface area (Å²) < 4.78 is 1.16. The van der Waals surface area contributed by atoms with Crippen LogP contribution in [0.4, 0.5) is 5.69 Å². The Bertz CT molecular complexity index is 437. The minimum absolute atomic E-state index is 0.0863. The molecule has 4 heteroatoms. The Morgan fingerprint density at radius 2 is 1.80 bits per heavy atom. The molecule has 1 aromatic carbocycles. The van der Waals surface area contributed by atoms with E-state index in [1.54, 1.807) is 0 Å². The van der Waals surface area contributed by atoms with Gasteiger partial charge in [0.1, 0.15) is 0 Å². The van der Waals surface area contributed by atoms with Crippen molar-refractivity contribution in [1.29, 1.82) is 0 Å². The van der Waals surface area contributed by atoms with Gasteiger partial charge in [0.05, 0.1) is 5.69 Å². The lowest BCUT2D eigenvalue weighted by molar-refractivity contribution is 0.231. The zero-order valence-corrected chi connectivity index (χ0v) is 14.4. The molecule has 1 heterocycles. The number of nitrogens with two attached hydrogens (primary N) is 1. The van der Waals surface area contributed by atoms with E-state index in [0.717, 1.165) is 36.6 Å². The highest BCUT2D eigenvalue weighted by Gasteiger charge is 2.19. The molecule has 3 nitrogen and oxygen atoms in total. The molecule has 2 rings (SSSR count). The molecule has 0 amide bonds. The van der Waals surface area contributed by atoms with Gasteiger partial charge < -0.3 is 10.6 Å². The van der Waals surface area contributed by atoms with Crippen LogP contribution in [-0.2, 0) is 0 Å². The molecular formula is C16H26BrN3. The summed E-state index contributed by atoms with van der Waals surface area (Å²) in [5, 5.41) is 0. The van der Waals surface area contributed by atoms with Crippen LogP contribution in [0.15, 0.2) is 22.7 Å². The first-order valence-electron chi connectivity index (χ1n) is 7.49. The van der Waals surface area contributed by atoms with Crippen LogP contribution in [0.5, 0.6) is 0 Å². The highest BCUT2D eigenvalue weighted by Crippen LogP contribution is 2.29. The molecule has 1 atom stereocenters. The van der Waals surface area contributed by atoms with E-state index in [9.17, 15) is 0 Å². The molecule has 2 N–H and O–H groups in total. The van der Waals surface area contributed by atoms with Crippen LogP contribution in [0.1, 0.15) is 32.4 Å². The molecular weight excluding hydrogens is 314 g/mol. The predicted molar refractivity (Wildman–Crippen MR) is 90.2 cm³/mol. The summed E-state index contributed by atoms with van der Waals surface area (Å²) >= 11 is 3.70. The molecule has 1 aliphatic heterocycles. The molecule has 0 aromatic heterocycles. The van der Waals surface area contributed by atoms with Crippen LogP contribution in [-0.4, -0.2) is 37.6 Å². The van der Waals surface area contributed by atoms with Gasteiger partial charge in [-0.05, 0) is 46.5 Å². The summed E-state index contributed by atoms with van der Waals surface area (Å²) in [5.41, 5.74) is 8.40. The van der Waals surface area contributed by atoms with E-state index >= 15 is 0 Å². The zero-order valence-electron chi connectivity index (χ0n) is 12.8. The first-order chi connectivity index (χ1) is 9.47. The minimum atomic E-state index is 0.0863. The van der Waals surface area contributed by atoms with Crippen molar-refractivity contribution in [2.75, 3.05) is 37.6 Å². The minimum Gasteiger partial charge on any atom is -0.368 e. The molecule has 1 aliphatic rings. The van der Waals surface area contributed by atoms with Crippen molar-refractivity contribution in [3.63, 3.8) is 0 Å². The van der Waals surface area contributed by atoms with Crippen LogP contribution in [0.25, 0.3) is 0 Å². The van der Waals surface area contributed by atoms with Crippen LogP contribution >= 0.6 is 15.9 Å². The molecule has 0 unspecified atom stereocenters. The number of rotatable bonds is 4. The summed E-state index contributed by atoms with van der Waals surface area (Å²) in [5.74, 6) is 0.749. The number of hydrogen-bond acceptors (Lipinski definition) is 3. The van der Waals surface area contributed by atoms with E-state index < -0.39 is 0 Å². The van der Waals surface area contributed by atoms with Gasteiger partial charge in [-0.3, -0.25) is 4.90 Å². The number of hydrogen-bond donors (Lipinski definition) is 1. The van der Waals surface area contributed by atoms with E-state index in [4.69, 9.17) is 5.73 Å². The van der Waals surface area contributed by atoms with E-state index in [-0.39, 0.29) is 6.04 Å². The second-order valence-electron chi connectivity index (χ2n) is 6.18. The monoisotopic (exact) mass is 339 g/mol. The average molecular weight is 340 g/mol. The van der Waals surface area contributed by atoms with Crippen LogP contribution in [0, 0.1) is 5.92 Å². The van der Waals surface area contributed by atoms with Crippen molar-refractivity contribution in [2.24, 2.45) is 11.7 Å². The standard InChI is InChI=1S/C16H26BrN3/c1-12(2)11-19-6-8-20(9-7-19)16-5-4-14(13(3)18)10-15(16)17/h4-5,10,12-13H,6-9,11,18H2,1-3H3/t13-/m1/s1. The fraction of sp³-hybridized carbons (Fsp3) is 0.625. The highest BCUT2D eigenvalue weighted by molar-refractivity contribution is 9.10. The molecule has 0 aliphatic carbocycles. The van der Waals surface area contributed by atoms with Crippen molar-refractivity contribution < 1.29 is 0 Å². The van der Waals surface area contributed by atoms with Gasteiger partial charge in [0.2, 0.25) is 0 Å². The average Bonchev–Trinajstić information content (AvgIpc) is 2.39. The number of anilines is 1. The van der Waals surface area contributed by atoms with E-state index in [1.165, 1.54) is 17.8 Å². The van der Waals surface area contributed by atoms with E-state index in [2.05, 4.69) is 57.8 Å². The maximum Gasteiger partial charge on any atom is 0.0511 e. The van der Waals surface area contributed by atoms with Crippen molar-refractivity contribution in [2.45, 2.75) is 26.8 Å². The Balaban J connectivity index is 2.00. The van der Waals surface area contributed by atoms with Gasteiger partial charge in [-0.2, -0.15) is 0 Å². The maximum atomic E-state index is 5.93. The summed E-state index contributed by atoms with van der Waals surface area (Å²) in [6.45, 7) is 12.3. The molecule has 1 fully saturated rings. The third-order valence-electron chi connectivity index (χ3n) is 3.83. The van der Waals surface area contributed by atoms with Crippen LogP contribution in [0.3, 0.4) is 0 Å². The van der Waals surface area contributed by atoms with Gasteiger partial charge in [-0.1, -0.05) is 19.9 Å². The highest BCUT2D eigenvalue weighted by atomic mass is 79.9. The third kappa shape index (κ3) is 3.96. The summed E-state index contributed by atoms with van der Waals surface area (Å²) in [4.78, 5) is 5.03. The van der Waals surface area contributed by atoms with Crippen molar-refractivity contribution >= 4 is 21.6 Å². The van der Waals surface area contributed by atoms with Gasteiger partial charge in [0, 0.05) is 43.2 Å². The second-order valence-corrected chi connectivity index (χ2v) is 7.04. The van der Waals surface area contributed by atoms with Crippen molar-refractivity contribution in [3.8, 4) is 0 Å². The lowest BCUT2D eigenvalue weighted by Crippen LogP contribution is -2.47. The number of benzene rings is 1. The van der Waals surface area contributed by atoms with E-state index in [1.807, 2.05) is 6.92 Å². The zero-order chi connectivity index (χ0) is 14.7. The lowest BCUT2D eigenvalue weighted by atomic mass is 10.1. The molecule has 1 aromatic rings. The summed E-state index contributed by atoms with van der Waals surface area (Å²) in [7, 11) is 0. The first kappa shape index (κ1) is 15.8. The topological polar surface area (TPSA) is 32.5 Å². The van der Waals surface area contributed by atoms with Crippen LogP contribution in [0.2, 0.25) is 0 Å². The predicted octanol–water partition coefficient (Wildman–Crippen LogP) is 3.25. The molecule has 0 radical (unpaired) electrons. The van der Waals surface area contributed by atoms with Gasteiger partial charge in [-0.25, -0.2) is 0 Å². The van der Waals surface area contributed by atoms with Crippen molar-refractivity contribution in [1.82, 2.24) is 4.90 Å².